The number of non-ortho nitro benzene ring substituents is 1. The van der Waals surface area contributed by atoms with Gasteiger partial charge in [-0.3, -0.25) is 14.9 Å². The van der Waals surface area contributed by atoms with E-state index in [-0.39, 0.29) is 17.4 Å². The Morgan fingerprint density at radius 1 is 1.28 bits per heavy atom. The minimum Gasteiger partial charge on any atom is -0.424 e. The summed E-state index contributed by atoms with van der Waals surface area (Å²) < 4.78 is 5.23. The van der Waals surface area contributed by atoms with E-state index in [0.717, 1.165) is 0 Å². The zero-order chi connectivity index (χ0) is 13.0. The van der Waals surface area contributed by atoms with Crippen molar-refractivity contribution in [2.75, 3.05) is 0 Å². The predicted molar refractivity (Wildman–Crippen MR) is 60.6 cm³/mol. The molecule has 0 N–H and O–H groups in total. The molecular formula is C11H7N3O4. The quantitative estimate of drug-likeness (QED) is 0.464. The highest BCUT2D eigenvalue weighted by molar-refractivity contribution is 5.73. The number of aromatic nitrogens is 2. The molecule has 0 bridgehead atoms. The molecule has 0 radical (unpaired) electrons. The molecule has 0 atom stereocenters. The molecule has 0 aliphatic heterocycles. The van der Waals surface area contributed by atoms with Crippen LogP contribution in [0.3, 0.4) is 0 Å². The Bertz CT molecular complexity index is 583. The largest absolute Gasteiger partial charge is 0.424 e. The Morgan fingerprint density at radius 2 is 2.00 bits per heavy atom. The third-order valence-electron chi connectivity index (χ3n) is 2.02. The van der Waals surface area contributed by atoms with E-state index in [1.165, 1.54) is 30.6 Å². The molecular weight excluding hydrogens is 238 g/mol. The van der Waals surface area contributed by atoms with Crippen LogP contribution in [0.25, 0.3) is 0 Å². The average Bonchev–Trinajstić information content (AvgIpc) is 2.40. The van der Waals surface area contributed by atoms with Crippen molar-refractivity contribution in [2.24, 2.45) is 0 Å². The molecule has 1 heterocycles. The molecule has 18 heavy (non-hydrogen) atoms. The maximum atomic E-state index is 10.6. The zero-order valence-corrected chi connectivity index (χ0v) is 9.02. The summed E-state index contributed by atoms with van der Waals surface area (Å²) in [5.41, 5.74) is 0.235. The number of carbonyl (C=O) groups is 1. The van der Waals surface area contributed by atoms with Crippen LogP contribution >= 0.6 is 0 Å². The Labute approximate surface area is 101 Å². The van der Waals surface area contributed by atoms with Crippen LogP contribution in [0.2, 0.25) is 0 Å². The fourth-order valence-electron chi connectivity index (χ4n) is 1.21. The summed E-state index contributed by atoms with van der Waals surface area (Å²) >= 11 is 0. The van der Waals surface area contributed by atoms with Crippen molar-refractivity contribution in [1.82, 2.24) is 9.97 Å². The Balaban J connectivity index is 2.19. The van der Waals surface area contributed by atoms with Gasteiger partial charge in [-0.05, 0) is 6.07 Å². The smallest absolute Gasteiger partial charge is 0.321 e. The van der Waals surface area contributed by atoms with E-state index in [9.17, 15) is 14.9 Å². The van der Waals surface area contributed by atoms with E-state index in [2.05, 4.69) is 9.97 Å². The highest BCUT2D eigenvalue weighted by Crippen LogP contribution is 2.22. The van der Waals surface area contributed by atoms with Crippen LogP contribution in [0.4, 0.5) is 5.69 Å². The zero-order valence-electron chi connectivity index (χ0n) is 9.02. The number of carbonyl (C=O) groups excluding carboxylic acids is 1. The van der Waals surface area contributed by atoms with Crippen LogP contribution in [0.5, 0.6) is 11.8 Å². The number of rotatable bonds is 4. The van der Waals surface area contributed by atoms with E-state index in [1.807, 2.05) is 0 Å². The van der Waals surface area contributed by atoms with Gasteiger partial charge in [-0.25, -0.2) is 9.97 Å². The van der Waals surface area contributed by atoms with Crippen molar-refractivity contribution in [2.45, 2.75) is 0 Å². The van der Waals surface area contributed by atoms with Crippen molar-refractivity contribution in [3.63, 3.8) is 0 Å². The summed E-state index contributed by atoms with van der Waals surface area (Å²) in [6.07, 6.45) is 3.20. The van der Waals surface area contributed by atoms with Gasteiger partial charge in [0.25, 0.3) is 5.69 Å². The molecule has 0 unspecified atom stereocenters. The van der Waals surface area contributed by atoms with Crippen LogP contribution in [0, 0.1) is 10.1 Å². The number of nitro benzene ring substituents is 1. The summed E-state index contributed by atoms with van der Waals surface area (Å²) in [5, 5.41) is 10.6. The van der Waals surface area contributed by atoms with Crippen LogP contribution in [0.1, 0.15) is 10.4 Å². The maximum Gasteiger partial charge on any atom is 0.321 e. The minimum absolute atomic E-state index is 0.0149. The third kappa shape index (κ3) is 2.64. The molecule has 0 fully saturated rings. The molecule has 2 rings (SSSR count). The van der Waals surface area contributed by atoms with Crippen LogP contribution in [-0.4, -0.2) is 21.2 Å². The SMILES string of the molecule is O=Cc1cnc(Oc2cccc([N+](=O)[O-])c2)nc1. The molecule has 0 aliphatic carbocycles. The Kier molecular flexibility index (Phi) is 3.24. The van der Waals surface area contributed by atoms with Crippen molar-refractivity contribution in [1.29, 1.82) is 0 Å². The second kappa shape index (κ2) is 5.00. The third-order valence-corrected chi connectivity index (χ3v) is 2.02. The first-order valence-corrected chi connectivity index (χ1v) is 4.88. The first kappa shape index (κ1) is 11.6. The van der Waals surface area contributed by atoms with Crippen molar-refractivity contribution in [3.8, 4) is 11.8 Å². The second-order valence-electron chi connectivity index (χ2n) is 3.27. The molecule has 7 nitrogen and oxygen atoms in total. The predicted octanol–water partition coefficient (Wildman–Crippen LogP) is 1.99. The van der Waals surface area contributed by atoms with Gasteiger partial charge in [0.15, 0.2) is 6.29 Å². The number of hydrogen-bond donors (Lipinski definition) is 0. The first-order chi connectivity index (χ1) is 8.69. The molecule has 0 saturated heterocycles. The van der Waals surface area contributed by atoms with Crippen LogP contribution in [-0.2, 0) is 0 Å². The maximum absolute atomic E-state index is 10.6. The summed E-state index contributed by atoms with van der Waals surface area (Å²) in [4.78, 5) is 28.0. The molecule has 0 spiro atoms. The van der Waals surface area contributed by atoms with E-state index >= 15 is 0 Å². The summed E-state index contributed by atoms with van der Waals surface area (Å²) in [5.74, 6) is 0.253. The van der Waals surface area contributed by atoms with Gasteiger partial charge in [-0.2, -0.15) is 0 Å². The lowest BCUT2D eigenvalue weighted by atomic mass is 10.3. The fraction of sp³-hybridized carbons (Fsp3) is 0. The van der Waals surface area contributed by atoms with Gasteiger partial charge < -0.3 is 4.74 Å². The first-order valence-electron chi connectivity index (χ1n) is 4.88. The van der Waals surface area contributed by atoms with Gasteiger partial charge in [-0.15, -0.1) is 0 Å². The number of aldehydes is 1. The number of nitrogens with zero attached hydrogens (tertiary/aromatic N) is 3. The molecule has 90 valence electrons. The molecule has 0 aliphatic rings. The summed E-state index contributed by atoms with van der Waals surface area (Å²) in [6, 6.07) is 5.67. The van der Waals surface area contributed by atoms with E-state index in [4.69, 9.17) is 4.74 Å². The van der Waals surface area contributed by atoms with Gasteiger partial charge >= 0.3 is 6.01 Å². The highest BCUT2D eigenvalue weighted by Gasteiger charge is 2.07. The van der Waals surface area contributed by atoms with E-state index in [0.29, 0.717) is 11.8 Å². The van der Waals surface area contributed by atoms with Crippen LogP contribution < -0.4 is 4.74 Å². The van der Waals surface area contributed by atoms with E-state index in [1.54, 1.807) is 6.07 Å². The van der Waals surface area contributed by atoms with Gasteiger partial charge in [0.05, 0.1) is 16.6 Å². The molecule has 0 amide bonds. The summed E-state index contributed by atoms with van der Waals surface area (Å²) in [7, 11) is 0. The molecule has 1 aromatic carbocycles. The lowest BCUT2D eigenvalue weighted by Crippen LogP contribution is -1.94. The number of hydrogen-bond acceptors (Lipinski definition) is 6. The van der Waals surface area contributed by atoms with Gasteiger partial charge in [-0.1, -0.05) is 6.07 Å². The van der Waals surface area contributed by atoms with E-state index < -0.39 is 4.92 Å². The van der Waals surface area contributed by atoms with Gasteiger partial charge in [0.2, 0.25) is 0 Å². The van der Waals surface area contributed by atoms with Gasteiger partial charge in [0.1, 0.15) is 5.75 Å². The Hall–Kier alpha value is -2.83. The monoisotopic (exact) mass is 245 g/mol. The number of nitro groups is 1. The Morgan fingerprint density at radius 3 is 2.61 bits per heavy atom. The molecule has 7 heteroatoms. The van der Waals surface area contributed by atoms with Crippen molar-refractivity contribution >= 4 is 12.0 Å². The fourth-order valence-corrected chi connectivity index (χ4v) is 1.21. The second-order valence-corrected chi connectivity index (χ2v) is 3.27. The molecule has 0 saturated carbocycles. The van der Waals surface area contributed by atoms with Crippen molar-refractivity contribution in [3.05, 3.63) is 52.3 Å². The normalized spacial score (nSPS) is 9.78. The highest BCUT2D eigenvalue weighted by atomic mass is 16.6. The molecule has 1 aromatic heterocycles. The topological polar surface area (TPSA) is 95.2 Å². The van der Waals surface area contributed by atoms with Gasteiger partial charge in [0, 0.05) is 18.5 Å². The standard InChI is InChI=1S/C11H7N3O4/c15-7-8-5-12-11(13-6-8)18-10-3-1-2-9(4-10)14(16)17/h1-7H. The van der Waals surface area contributed by atoms with Crippen molar-refractivity contribution < 1.29 is 14.5 Å². The number of ether oxygens (including phenoxy) is 1. The average molecular weight is 245 g/mol. The number of benzene rings is 1. The van der Waals surface area contributed by atoms with Crippen LogP contribution in [0.15, 0.2) is 36.7 Å². The summed E-state index contributed by atoms with van der Waals surface area (Å²) in [6.45, 7) is 0. The molecule has 2 aromatic rings. The minimum atomic E-state index is -0.525. The lowest BCUT2D eigenvalue weighted by Gasteiger charge is -2.02. The lowest BCUT2D eigenvalue weighted by molar-refractivity contribution is -0.384.